The van der Waals surface area contributed by atoms with Crippen LogP contribution in [0.3, 0.4) is 0 Å². The van der Waals surface area contributed by atoms with Gasteiger partial charge in [0.05, 0.1) is 19.9 Å². The number of aromatic amines is 1. The average Bonchev–Trinajstić information content (AvgIpc) is 3.16. The Morgan fingerprint density at radius 3 is 2.44 bits per heavy atom. The number of benzene rings is 2. The van der Waals surface area contributed by atoms with Crippen molar-refractivity contribution in [3.63, 3.8) is 0 Å². The van der Waals surface area contributed by atoms with Gasteiger partial charge in [-0.05, 0) is 36.4 Å². The van der Waals surface area contributed by atoms with Crippen LogP contribution in [0.5, 0.6) is 23.0 Å². The molecule has 0 fully saturated rings. The van der Waals surface area contributed by atoms with E-state index in [1.807, 2.05) is 36.4 Å². The Bertz CT molecular complexity index is 853. The molecule has 1 N–H and O–H groups in total. The van der Waals surface area contributed by atoms with E-state index in [9.17, 15) is 0 Å². The van der Waals surface area contributed by atoms with Crippen molar-refractivity contribution < 1.29 is 18.9 Å². The molecular weight excluding hydrogens is 322 g/mol. The second kappa shape index (κ2) is 6.35. The van der Waals surface area contributed by atoms with Gasteiger partial charge in [-0.3, -0.25) is 5.10 Å². The number of methoxy groups -OCH3 is 2. The molecule has 2 heterocycles. The van der Waals surface area contributed by atoms with Crippen LogP contribution in [-0.2, 0) is 0 Å². The van der Waals surface area contributed by atoms with Gasteiger partial charge >= 0.3 is 0 Å². The predicted octanol–water partition coefficient (Wildman–Crippen LogP) is 2.93. The predicted molar refractivity (Wildman–Crippen MR) is 91.3 cm³/mol. The number of H-pyrrole nitrogens is 1. The highest BCUT2D eigenvalue weighted by atomic mass is 16.6. The number of hydrogen-bond acceptors (Lipinski definition) is 6. The first-order chi connectivity index (χ1) is 12.3. The zero-order valence-electron chi connectivity index (χ0n) is 13.9. The monoisotopic (exact) mass is 339 g/mol. The second-order valence-corrected chi connectivity index (χ2v) is 5.46. The van der Waals surface area contributed by atoms with Gasteiger partial charge in [0, 0.05) is 11.1 Å². The van der Waals surface area contributed by atoms with E-state index in [2.05, 4.69) is 15.4 Å². The van der Waals surface area contributed by atoms with Crippen LogP contribution >= 0.6 is 0 Å². The molecule has 0 unspecified atom stereocenters. The van der Waals surface area contributed by atoms with Crippen LogP contribution in [0, 0.1) is 0 Å². The van der Waals surface area contributed by atoms with Crippen molar-refractivity contribution in [2.45, 2.75) is 0 Å². The smallest absolute Gasteiger partial charge is 0.162 e. The van der Waals surface area contributed by atoms with Crippen LogP contribution < -0.4 is 18.9 Å². The first-order valence-electron chi connectivity index (χ1n) is 7.83. The summed E-state index contributed by atoms with van der Waals surface area (Å²) in [5, 5.41) is 11.2. The van der Waals surface area contributed by atoms with Gasteiger partial charge in [0.15, 0.2) is 23.0 Å². The molecule has 0 saturated heterocycles. The molecule has 2 aromatic carbocycles. The van der Waals surface area contributed by atoms with E-state index in [1.165, 1.54) is 0 Å². The van der Waals surface area contributed by atoms with Gasteiger partial charge in [-0.15, -0.1) is 5.10 Å². The highest BCUT2D eigenvalue weighted by Crippen LogP contribution is 2.38. The van der Waals surface area contributed by atoms with E-state index >= 15 is 0 Å². The van der Waals surface area contributed by atoms with Crippen molar-refractivity contribution >= 4 is 0 Å². The highest BCUT2D eigenvalue weighted by Gasteiger charge is 2.18. The normalized spacial score (nSPS) is 12.7. The first kappa shape index (κ1) is 15.3. The summed E-state index contributed by atoms with van der Waals surface area (Å²) >= 11 is 0. The van der Waals surface area contributed by atoms with Crippen LogP contribution in [0.25, 0.3) is 22.5 Å². The van der Waals surface area contributed by atoms with Crippen LogP contribution in [0.15, 0.2) is 36.4 Å². The van der Waals surface area contributed by atoms with E-state index in [4.69, 9.17) is 18.9 Å². The maximum atomic E-state index is 5.66. The Morgan fingerprint density at radius 1 is 0.880 bits per heavy atom. The minimum Gasteiger partial charge on any atom is -0.493 e. The number of nitrogens with one attached hydrogen (secondary N) is 1. The summed E-state index contributed by atoms with van der Waals surface area (Å²) < 4.78 is 21.9. The fourth-order valence-corrected chi connectivity index (χ4v) is 2.81. The van der Waals surface area contributed by atoms with E-state index in [0.29, 0.717) is 24.7 Å². The Kier molecular flexibility index (Phi) is 3.89. The van der Waals surface area contributed by atoms with Gasteiger partial charge in [-0.2, -0.15) is 0 Å². The fraction of sp³-hybridized carbons (Fsp3) is 0.222. The molecule has 0 bridgehead atoms. The summed E-state index contributed by atoms with van der Waals surface area (Å²) in [6.45, 7) is 1.11. The highest BCUT2D eigenvalue weighted by molar-refractivity contribution is 5.79. The minimum atomic E-state index is 0.542. The Balaban J connectivity index is 1.76. The Hall–Kier alpha value is -3.22. The SMILES string of the molecule is COc1ccc(-c2nn[nH]c2-c2ccc3c(c2)OCCO3)cc1OC. The van der Waals surface area contributed by atoms with E-state index < -0.39 is 0 Å². The molecule has 0 radical (unpaired) electrons. The third kappa shape index (κ3) is 2.73. The Labute approximate surface area is 144 Å². The quantitative estimate of drug-likeness (QED) is 0.787. The summed E-state index contributed by atoms with van der Waals surface area (Å²) in [6, 6.07) is 11.4. The number of nitrogens with zero attached hydrogens (tertiary/aromatic N) is 2. The Morgan fingerprint density at radius 2 is 1.64 bits per heavy atom. The molecule has 0 atom stereocenters. The van der Waals surface area contributed by atoms with Gasteiger partial charge in [-0.1, -0.05) is 5.21 Å². The molecule has 0 aliphatic carbocycles. The van der Waals surface area contributed by atoms with Crippen molar-refractivity contribution in [1.29, 1.82) is 0 Å². The topological polar surface area (TPSA) is 78.5 Å². The minimum absolute atomic E-state index is 0.542. The molecule has 25 heavy (non-hydrogen) atoms. The van der Waals surface area contributed by atoms with Crippen LogP contribution in [0.4, 0.5) is 0 Å². The lowest BCUT2D eigenvalue weighted by atomic mass is 10.0. The molecular formula is C18H17N3O4. The van der Waals surface area contributed by atoms with Crippen molar-refractivity contribution in [3.05, 3.63) is 36.4 Å². The van der Waals surface area contributed by atoms with Crippen LogP contribution in [-0.4, -0.2) is 42.8 Å². The molecule has 128 valence electrons. The second-order valence-electron chi connectivity index (χ2n) is 5.46. The molecule has 0 spiro atoms. The number of hydrogen-bond donors (Lipinski definition) is 1. The number of rotatable bonds is 4. The molecule has 0 saturated carbocycles. The first-order valence-corrected chi connectivity index (χ1v) is 7.83. The largest absolute Gasteiger partial charge is 0.493 e. The van der Waals surface area contributed by atoms with Crippen molar-refractivity contribution in [1.82, 2.24) is 15.4 Å². The fourth-order valence-electron chi connectivity index (χ4n) is 2.81. The van der Waals surface area contributed by atoms with E-state index in [0.717, 1.165) is 34.0 Å². The zero-order chi connectivity index (χ0) is 17.2. The lowest BCUT2D eigenvalue weighted by Crippen LogP contribution is -2.15. The maximum absolute atomic E-state index is 5.66. The third-order valence-electron chi connectivity index (χ3n) is 4.04. The lowest BCUT2D eigenvalue weighted by molar-refractivity contribution is 0.171. The molecule has 0 amide bonds. The molecule has 7 nitrogen and oxygen atoms in total. The summed E-state index contributed by atoms with van der Waals surface area (Å²) in [6.07, 6.45) is 0. The van der Waals surface area contributed by atoms with Crippen LogP contribution in [0.1, 0.15) is 0 Å². The van der Waals surface area contributed by atoms with E-state index in [-0.39, 0.29) is 0 Å². The zero-order valence-corrected chi connectivity index (χ0v) is 13.9. The van der Waals surface area contributed by atoms with Crippen molar-refractivity contribution in [3.8, 4) is 45.5 Å². The number of aromatic nitrogens is 3. The van der Waals surface area contributed by atoms with Gasteiger partial charge in [-0.25, -0.2) is 0 Å². The van der Waals surface area contributed by atoms with Gasteiger partial charge in [0.1, 0.15) is 18.9 Å². The summed E-state index contributed by atoms with van der Waals surface area (Å²) in [7, 11) is 3.21. The summed E-state index contributed by atoms with van der Waals surface area (Å²) in [5.74, 6) is 2.76. The molecule has 1 aliphatic rings. The average molecular weight is 339 g/mol. The standard InChI is InChI=1S/C18H17N3O4/c1-22-13-5-3-11(9-15(13)23-2)17-18(20-21-19-17)12-4-6-14-16(10-12)25-8-7-24-14/h3-6,9-10H,7-8H2,1-2H3,(H,19,20,21). The summed E-state index contributed by atoms with van der Waals surface area (Å²) in [4.78, 5) is 0. The van der Waals surface area contributed by atoms with Crippen molar-refractivity contribution in [2.75, 3.05) is 27.4 Å². The molecule has 7 heteroatoms. The maximum Gasteiger partial charge on any atom is 0.162 e. The summed E-state index contributed by atoms with van der Waals surface area (Å²) in [5.41, 5.74) is 3.30. The molecule has 4 rings (SSSR count). The molecule has 3 aromatic rings. The lowest BCUT2D eigenvalue weighted by Gasteiger charge is -2.18. The molecule has 1 aliphatic heterocycles. The number of fused-ring (bicyclic) bond motifs is 1. The van der Waals surface area contributed by atoms with Gasteiger partial charge in [0.25, 0.3) is 0 Å². The molecule has 1 aromatic heterocycles. The third-order valence-corrected chi connectivity index (χ3v) is 4.04. The van der Waals surface area contributed by atoms with Crippen LogP contribution in [0.2, 0.25) is 0 Å². The van der Waals surface area contributed by atoms with Crippen molar-refractivity contribution in [2.24, 2.45) is 0 Å². The van der Waals surface area contributed by atoms with Gasteiger partial charge in [0.2, 0.25) is 0 Å². The van der Waals surface area contributed by atoms with E-state index in [1.54, 1.807) is 14.2 Å². The number of ether oxygens (including phenoxy) is 4. The van der Waals surface area contributed by atoms with Gasteiger partial charge < -0.3 is 18.9 Å².